The number of rotatable bonds is 3. The fourth-order valence-electron chi connectivity index (χ4n) is 2.43. The van der Waals surface area contributed by atoms with Gasteiger partial charge in [0.2, 0.25) is 0 Å². The monoisotopic (exact) mass is 283 g/mol. The SMILES string of the molecule is CN(C)C1CCN(c2nc(Cl)ccc2C(=O)O)CC1. The fraction of sp³-hybridized carbons (Fsp3) is 0.538. The Labute approximate surface area is 117 Å². The molecule has 1 fully saturated rings. The summed E-state index contributed by atoms with van der Waals surface area (Å²) in [6.45, 7) is 1.60. The quantitative estimate of drug-likeness (QED) is 0.860. The summed E-state index contributed by atoms with van der Waals surface area (Å²) in [6, 6.07) is 3.58. The van der Waals surface area contributed by atoms with Crippen molar-refractivity contribution >= 4 is 23.4 Å². The van der Waals surface area contributed by atoms with E-state index in [0.717, 1.165) is 25.9 Å². The number of hydrogen-bond donors (Lipinski definition) is 1. The van der Waals surface area contributed by atoms with E-state index >= 15 is 0 Å². The van der Waals surface area contributed by atoms with Crippen LogP contribution in [0.25, 0.3) is 0 Å². The van der Waals surface area contributed by atoms with Crippen LogP contribution < -0.4 is 4.90 Å². The van der Waals surface area contributed by atoms with Crippen LogP contribution in [0.15, 0.2) is 12.1 Å². The number of halogens is 1. The molecule has 2 rings (SSSR count). The standard InChI is InChI=1S/C13H18ClN3O2/c1-16(2)9-5-7-17(8-6-9)12-10(13(18)19)3-4-11(14)15-12/h3-4,9H,5-8H2,1-2H3,(H,18,19). The molecule has 19 heavy (non-hydrogen) atoms. The Morgan fingerprint density at radius 3 is 2.58 bits per heavy atom. The van der Waals surface area contributed by atoms with Gasteiger partial charge in [0, 0.05) is 19.1 Å². The predicted molar refractivity (Wildman–Crippen MR) is 75.1 cm³/mol. The topological polar surface area (TPSA) is 56.7 Å². The van der Waals surface area contributed by atoms with Crippen LogP contribution in [0, 0.1) is 0 Å². The Morgan fingerprint density at radius 2 is 2.05 bits per heavy atom. The first-order valence-corrected chi connectivity index (χ1v) is 6.68. The van der Waals surface area contributed by atoms with E-state index in [1.807, 2.05) is 4.90 Å². The average molecular weight is 284 g/mol. The molecule has 1 aliphatic heterocycles. The lowest BCUT2D eigenvalue weighted by atomic mass is 10.0. The van der Waals surface area contributed by atoms with Crippen LogP contribution in [0.2, 0.25) is 5.15 Å². The van der Waals surface area contributed by atoms with Crippen molar-refractivity contribution in [1.29, 1.82) is 0 Å². The van der Waals surface area contributed by atoms with Gasteiger partial charge in [0.05, 0.1) is 0 Å². The van der Waals surface area contributed by atoms with Crippen molar-refractivity contribution in [3.63, 3.8) is 0 Å². The van der Waals surface area contributed by atoms with E-state index in [0.29, 0.717) is 17.0 Å². The minimum Gasteiger partial charge on any atom is -0.478 e. The van der Waals surface area contributed by atoms with Crippen LogP contribution >= 0.6 is 11.6 Å². The van der Waals surface area contributed by atoms with Gasteiger partial charge in [0.15, 0.2) is 0 Å². The summed E-state index contributed by atoms with van der Waals surface area (Å²) >= 11 is 5.88. The van der Waals surface area contributed by atoms with Crippen molar-refractivity contribution in [2.45, 2.75) is 18.9 Å². The summed E-state index contributed by atoms with van der Waals surface area (Å²) in [6.07, 6.45) is 2.00. The van der Waals surface area contributed by atoms with E-state index in [9.17, 15) is 9.90 Å². The van der Waals surface area contributed by atoms with Crippen molar-refractivity contribution < 1.29 is 9.90 Å². The number of carbonyl (C=O) groups is 1. The molecule has 0 bridgehead atoms. The van der Waals surface area contributed by atoms with E-state index in [1.54, 1.807) is 0 Å². The molecule has 0 amide bonds. The molecule has 1 N–H and O–H groups in total. The first-order chi connectivity index (χ1) is 8.99. The van der Waals surface area contributed by atoms with Crippen molar-refractivity contribution in [3.05, 3.63) is 22.8 Å². The van der Waals surface area contributed by atoms with Gasteiger partial charge in [-0.2, -0.15) is 0 Å². The van der Waals surface area contributed by atoms with E-state index in [4.69, 9.17) is 11.6 Å². The summed E-state index contributed by atoms with van der Waals surface area (Å²) in [5.41, 5.74) is 0.215. The molecule has 0 saturated carbocycles. The highest BCUT2D eigenvalue weighted by Crippen LogP contribution is 2.25. The van der Waals surface area contributed by atoms with Gasteiger partial charge in [-0.15, -0.1) is 0 Å². The lowest BCUT2D eigenvalue weighted by Gasteiger charge is -2.36. The number of anilines is 1. The molecule has 0 atom stereocenters. The summed E-state index contributed by atoms with van der Waals surface area (Å²) in [4.78, 5) is 19.6. The second-order valence-electron chi connectivity index (χ2n) is 4.99. The summed E-state index contributed by atoms with van der Waals surface area (Å²) in [7, 11) is 4.14. The molecule has 0 aliphatic carbocycles. The van der Waals surface area contributed by atoms with Gasteiger partial charge >= 0.3 is 5.97 Å². The van der Waals surface area contributed by atoms with E-state index in [1.165, 1.54) is 12.1 Å². The number of aromatic carboxylic acids is 1. The second-order valence-corrected chi connectivity index (χ2v) is 5.38. The normalized spacial score (nSPS) is 16.9. The van der Waals surface area contributed by atoms with Gasteiger partial charge in [-0.25, -0.2) is 9.78 Å². The van der Waals surface area contributed by atoms with Gasteiger partial charge in [-0.05, 0) is 39.1 Å². The molecule has 2 heterocycles. The molecule has 6 heteroatoms. The molecule has 1 aromatic heterocycles. The molecular formula is C13H18ClN3O2. The molecule has 0 unspecified atom stereocenters. The average Bonchev–Trinajstić information content (AvgIpc) is 2.38. The highest BCUT2D eigenvalue weighted by atomic mass is 35.5. The molecule has 0 aromatic carbocycles. The molecular weight excluding hydrogens is 266 g/mol. The third-order valence-corrected chi connectivity index (χ3v) is 3.78. The van der Waals surface area contributed by atoms with Crippen molar-refractivity contribution in [2.24, 2.45) is 0 Å². The van der Waals surface area contributed by atoms with Crippen LogP contribution in [0.4, 0.5) is 5.82 Å². The van der Waals surface area contributed by atoms with Crippen molar-refractivity contribution in [3.8, 4) is 0 Å². The number of carboxylic acid groups (broad SMARTS) is 1. The molecule has 5 nitrogen and oxygen atoms in total. The number of piperidine rings is 1. The summed E-state index contributed by atoms with van der Waals surface area (Å²) < 4.78 is 0. The Kier molecular flexibility index (Phi) is 4.27. The maximum absolute atomic E-state index is 11.2. The lowest BCUT2D eigenvalue weighted by Crippen LogP contribution is -2.42. The zero-order chi connectivity index (χ0) is 14.0. The summed E-state index contributed by atoms with van der Waals surface area (Å²) in [5, 5.41) is 9.54. The maximum Gasteiger partial charge on any atom is 0.339 e. The molecule has 1 aromatic rings. The van der Waals surface area contributed by atoms with E-state index in [2.05, 4.69) is 24.0 Å². The first-order valence-electron chi connectivity index (χ1n) is 6.30. The minimum atomic E-state index is -0.964. The largest absolute Gasteiger partial charge is 0.478 e. The Morgan fingerprint density at radius 1 is 1.42 bits per heavy atom. The van der Waals surface area contributed by atoms with Gasteiger partial charge in [0.1, 0.15) is 16.5 Å². The van der Waals surface area contributed by atoms with Crippen LogP contribution in [0.1, 0.15) is 23.2 Å². The minimum absolute atomic E-state index is 0.215. The Hall–Kier alpha value is -1.33. The van der Waals surface area contributed by atoms with Gasteiger partial charge in [-0.1, -0.05) is 11.6 Å². The van der Waals surface area contributed by atoms with E-state index < -0.39 is 5.97 Å². The van der Waals surface area contributed by atoms with Crippen LogP contribution in [-0.4, -0.2) is 54.2 Å². The van der Waals surface area contributed by atoms with E-state index in [-0.39, 0.29) is 5.56 Å². The number of aromatic nitrogens is 1. The maximum atomic E-state index is 11.2. The molecule has 0 radical (unpaired) electrons. The predicted octanol–water partition coefficient (Wildman–Crippen LogP) is 1.96. The first kappa shape index (κ1) is 14.1. The van der Waals surface area contributed by atoms with Crippen LogP contribution in [0.5, 0.6) is 0 Å². The molecule has 1 aliphatic rings. The van der Waals surface area contributed by atoms with Gasteiger partial charge in [-0.3, -0.25) is 0 Å². The Bertz CT molecular complexity index is 471. The molecule has 104 valence electrons. The number of pyridine rings is 1. The smallest absolute Gasteiger partial charge is 0.339 e. The Balaban J connectivity index is 2.19. The third kappa shape index (κ3) is 3.16. The number of hydrogen-bond acceptors (Lipinski definition) is 4. The van der Waals surface area contributed by atoms with Crippen LogP contribution in [-0.2, 0) is 0 Å². The number of nitrogens with zero attached hydrogens (tertiary/aromatic N) is 3. The zero-order valence-corrected chi connectivity index (χ0v) is 11.9. The highest BCUT2D eigenvalue weighted by Gasteiger charge is 2.24. The molecule has 1 saturated heterocycles. The number of carboxylic acids is 1. The third-order valence-electron chi connectivity index (χ3n) is 3.57. The van der Waals surface area contributed by atoms with Gasteiger partial charge < -0.3 is 14.9 Å². The lowest BCUT2D eigenvalue weighted by molar-refractivity contribution is 0.0697. The van der Waals surface area contributed by atoms with Gasteiger partial charge in [0.25, 0.3) is 0 Å². The summed E-state index contributed by atoms with van der Waals surface area (Å²) in [5.74, 6) is -0.480. The van der Waals surface area contributed by atoms with Crippen LogP contribution in [0.3, 0.4) is 0 Å². The van der Waals surface area contributed by atoms with Crippen molar-refractivity contribution in [1.82, 2.24) is 9.88 Å². The highest BCUT2D eigenvalue weighted by molar-refractivity contribution is 6.29. The van der Waals surface area contributed by atoms with Crippen molar-refractivity contribution in [2.75, 3.05) is 32.1 Å². The zero-order valence-electron chi connectivity index (χ0n) is 11.1. The molecule has 0 spiro atoms. The fourth-order valence-corrected chi connectivity index (χ4v) is 2.57. The second kappa shape index (κ2) is 5.75.